The molecule has 0 saturated carbocycles. The van der Waals surface area contributed by atoms with Crippen molar-refractivity contribution >= 4 is 11.9 Å². The molecule has 0 saturated heterocycles. The van der Waals surface area contributed by atoms with Gasteiger partial charge in [0.25, 0.3) is 0 Å². The van der Waals surface area contributed by atoms with Crippen LogP contribution in [0.15, 0.2) is 13.2 Å². The number of carbonyl (C=O) groups is 2. The van der Waals surface area contributed by atoms with E-state index in [1.54, 1.807) is 0 Å². The van der Waals surface area contributed by atoms with Crippen molar-refractivity contribution in [2.75, 3.05) is 0 Å². The molecule has 2 N–H and O–H groups in total. The normalized spacial score (nSPS) is 9.91. The van der Waals surface area contributed by atoms with Crippen molar-refractivity contribution in [2.24, 2.45) is 0 Å². The Morgan fingerprint density at radius 3 is 0.826 bits per heavy atom. The lowest BCUT2D eigenvalue weighted by molar-refractivity contribution is -0.138. The maximum absolute atomic E-state index is 10.3. The average Bonchev–Trinajstić information content (AvgIpc) is 2.52. The van der Waals surface area contributed by atoms with Gasteiger partial charge in [0.2, 0.25) is 0 Å². The van der Waals surface area contributed by atoms with Crippen LogP contribution in [0.3, 0.4) is 0 Å². The molecular formula is C19H36O4. The first-order valence-corrected chi connectivity index (χ1v) is 9.06. The van der Waals surface area contributed by atoms with Crippen LogP contribution in [0.4, 0.5) is 0 Å². The van der Waals surface area contributed by atoms with E-state index in [4.69, 9.17) is 10.2 Å². The van der Waals surface area contributed by atoms with Crippen LogP contribution in [0.1, 0.15) is 96.3 Å². The van der Waals surface area contributed by atoms with Crippen molar-refractivity contribution in [3.8, 4) is 0 Å². The summed E-state index contributed by atoms with van der Waals surface area (Å²) in [4.78, 5) is 20.6. The fourth-order valence-electron chi connectivity index (χ4n) is 2.50. The smallest absolute Gasteiger partial charge is 0.303 e. The lowest BCUT2D eigenvalue weighted by Crippen LogP contribution is -1.93. The number of carboxylic acid groups (broad SMARTS) is 2. The van der Waals surface area contributed by atoms with Crippen molar-refractivity contribution in [1.82, 2.24) is 0 Å². The van der Waals surface area contributed by atoms with Crippen LogP contribution in [-0.4, -0.2) is 22.2 Å². The van der Waals surface area contributed by atoms with Gasteiger partial charge in [-0.05, 0) is 12.8 Å². The molecule has 136 valence electrons. The summed E-state index contributed by atoms with van der Waals surface area (Å²) in [5, 5.41) is 17.0. The summed E-state index contributed by atoms with van der Waals surface area (Å²) in [5.74, 6) is -1.36. The van der Waals surface area contributed by atoms with E-state index >= 15 is 0 Å². The van der Waals surface area contributed by atoms with Crippen LogP contribution in [0, 0.1) is 0 Å². The zero-order chi connectivity index (χ0) is 17.8. The Bertz CT molecular complexity index is 251. The largest absolute Gasteiger partial charge is 0.481 e. The summed E-state index contributed by atoms with van der Waals surface area (Å²) in [7, 11) is 0. The summed E-state index contributed by atoms with van der Waals surface area (Å²) in [5.41, 5.74) is 0. The number of unbranched alkanes of at least 4 members (excludes halogenated alkanes) is 12. The van der Waals surface area contributed by atoms with Crippen molar-refractivity contribution in [3.63, 3.8) is 0 Å². The third-order valence-corrected chi connectivity index (χ3v) is 3.78. The highest BCUT2D eigenvalue weighted by Crippen LogP contribution is 2.13. The third-order valence-electron chi connectivity index (χ3n) is 3.78. The maximum atomic E-state index is 10.3. The highest BCUT2D eigenvalue weighted by atomic mass is 16.4. The van der Waals surface area contributed by atoms with E-state index in [2.05, 4.69) is 13.2 Å². The molecule has 0 aromatic carbocycles. The molecule has 0 fully saturated rings. The monoisotopic (exact) mass is 328 g/mol. The van der Waals surface area contributed by atoms with Crippen LogP contribution >= 0.6 is 0 Å². The van der Waals surface area contributed by atoms with Gasteiger partial charge in [0.15, 0.2) is 0 Å². The van der Waals surface area contributed by atoms with Gasteiger partial charge >= 0.3 is 11.9 Å². The van der Waals surface area contributed by atoms with Crippen LogP contribution in [-0.2, 0) is 9.59 Å². The second-order valence-corrected chi connectivity index (χ2v) is 5.88. The highest BCUT2D eigenvalue weighted by molar-refractivity contribution is 5.66. The molecule has 4 nitrogen and oxygen atoms in total. The molecule has 0 aliphatic carbocycles. The summed E-state index contributed by atoms with van der Waals surface area (Å²) >= 11 is 0. The second kappa shape index (κ2) is 20.7. The minimum Gasteiger partial charge on any atom is -0.481 e. The molecule has 0 amide bonds. The molecule has 0 atom stereocenters. The quantitative estimate of drug-likeness (QED) is 0.277. The molecule has 0 aromatic heterocycles. The van der Waals surface area contributed by atoms with E-state index < -0.39 is 11.9 Å². The number of rotatable bonds is 16. The molecular weight excluding hydrogens is 292 g/mol. The summed E-state index contributed by atoms with van der Waals surface area (Å²) in [6, 6.07) is 0. The highest BCUT2D eigenvalue weighted by Gasteiger charge is 1.98. The van der Waals surface area contributed by atoms with Crippen molar-refractivity contribution in [1.29, 1.82) is 0 Å². The zero-order valence-electron chi connectivity index (χ0n) is 14.7. The van der Waals surface area contributed by atoms with E-state index in [1.807, 2.05) is 0 Å². The molecule has 4 heteroatoms. The Balaban J connectivity index is 0. The second-order valence-electron chi connectivity index (χ2n) is 5.88. The fraction of sp³-hybridized carbons (Fsp3) is 0.789. The maximum Gasteiger partial charge on any atom is 0.303 e. The molecule has 23 heavy (non-hydrogen) atoms. The molecule has 0 radical (unpaired) electrons. The Kier molecular flexibility index (Phi) is 21.5. The van der Waals surface area contributed by atoms with Crippen molar-refractivity contribution in [2.45, 2.75) is 96.3 Å². The first kappa shape index (κ1) is 23.9. The van der Waals surface area contributed by atoms with E-state index in [0.717, 1.165) is 38.5 Å². The Morgan fingerprint density at radius 1 is 0.478 bits per heavy atom. The molecule has 0 aliphatic rings. The molecule has 0 aliphatic heterocycles. The van der Waals surface area contributed by atoms with E-state index in [1.165, 1.54) is 44.9 Å². The third kappa shape index (κ3) is 25.9. The number of hydrogen-bond donors (Lipinski definition) is 2. The van der Waals surface area contributed by atoms with Gasteiger partial charge in [0.1, 0.15) is 0 Å². The van der Waals surface area contributed by atoms with E-state index in [-0.39, 0.29) is 0 Å². The van der Waals surface area contributed by atoms with Crippen LogP contribution < -0.4 is 0 Å². The van der Waals surface area contributed by atoms with Gasteiger partial charge in [-0.3, -0.25) is 9.59 Å². The number of carboxylic acids is 2. The summed E-state index contributed by atoms with van der Waals surface area (Å²) < 4.78 is 0. The Labute approximate surface area is 142 Å². The van der Waals surface area contributed by atoms with Gasteiger partial charge in [0.05, 0.1) is 0 Å². The Hall–Kier alpha value is -1.32. The minimum absolute atomic E-state index is 0.312. The van der Waals surface area contributed by atoms with Crippen molar-refractivity contribution < 1.29 is 19.8 Å². The van der Waals surface area contributed by atoms with Gasteiger partial charge in [-0.2, -0.15) is 0 Å². The van der Waals surface area contributed by atoms with Crippen LogP contribution in [0.25, 0.3) is 0 Å². The van der Waals surface area contributed by atoms with E-state index in [9.17, 15) is 9.59 Å². The number of hydrogen-bond acceptors (Lipinski definition) is 2. The topological polar surface area (TPSA) is 74.6 Å². The SMILES string of the molecule is C=C.O=C(O)CCCCCCCCCCCCCCCC(=O)O. The predicted molar refractivity (Wildman–Crippen MR) is 95.8 cm³/mol. The Morgan fingerprint density at radius 2 is 0.652 bits per heavy atom. The van der Waals surface area contributed by atoms with Gasteiger partial charge in [0, 0.05) is 12.8 Å². The van der Waals surface area contributed by atoms with Crippen LogP contribution in [0.5, 0.6) is 0 Å². The predicted octanol–water partition coefficient (Wildman–Crippen LogP) is 5.81. The molecule has 0 heterocycles. The fourth-order valence-corrected chi connectivity index (χ4v) is 2.50. The molecule has 0 unspecified atom stereocenters. The van der Waals surface area contributed by atoms with Gasteiger partial charge in [-0.1, -0.05) is 70.6 Å². The average molecular weight is 328 g/mol. The standard InChI is InChI=1S/C17H32O4.C2H4/c18-16(19)14-12-10-8-6-4-2-1-3-5-7-9-11-13-15-17(20)21;1-2/h1-15H2,(H,18,19)(H,20,21);1-2H2. The number of aliphatic carboxylic acids is 2. The molecule has 0 rings (SSSR count). The summed E-state index contributed by atoms with van der Waals surface area (Å²) in [6.45, 7) is 6.00. The van der Waals surface area contributed by atoms with Gasteiger partial charge < -0.3 is 10.2 Å². The van der Waals surface area contributed by atoms with Crippen molar-refractivity contribution in [3.05, 3.63) is 13.2 Å². The summed E-state index contributed by atoms with van der Waals surface area (Å²) in [6.07, 6.45) is 15.5. The van der Waals surface area contributed by atoms with Gasteiger partial charge in [-0.25, -0.2) is 0 Å². The minimum atomic E-state index is -0.682. The molecule has 0 spiro atoms. The molecule has 0 bridgehead atoms. The van der Waals surface area contributed by atoms with E-state index in [0.29, 0.717) is 12.8 Å². The first-order valence-electron chi connectivity index (χ1n) is 9.06. The van der Waals surface area contributed by atoms with Crippen LogP contribution in [0.2, 0.25) is 0 Å². The zero-order valence-corrected chi connectivity index (χ0v) is 14.7. The lowest BCUT2D eigenvalue weighted by Gasteiger charge is -2.02. The van der Waals surface area contributed by atoms with Gasteiger partial charge in [-0.15, -0.1) is 13.2 Å². The first-order chi connectivity index (χ1) is 11.1. The lowest BCUT2D eigenvalue weighted by atomic mass is 10.0. The molecule has 0 aromatic rings.